The van der Waals surface area contributed by atoms with Crippen LogP contribution in [-0.2, 0) is 17.8 Å². The smallest absolute Gasteiger partial charge is 0.224 e. The standard InChI is InChI=1S/C20H21N3O2/c1-2-25-19-9-5-16(6-10-19)13-20(24)22-14-17-3-7-18(8-4-17)23-12-11-21-15-23/h3-12,15H,2,13-14H2,1H3,(H,22,24). The lowest BCUT2D eigenvalue weighted by Gasteiger charge is -2.08. The molecule has 0 aliphatic heterocycles. The van der Waals surface area contributed by atoms with E-state index in [1.54, 1.807) is 12.5 Å². The fourth-order valence-electron chi connectivity index (χ4n) is 2.52. The molecule has 25 heavy (non-hydrogen) atoms. The minimum atomic E-state index is 0.00264. The van der Waals surface area contributed by atoms with Crippen LogP contribution in [0.3, 0.4) is 0 Å². The summed E-state index contributed by atoms with van der Waals surface area (Å²) in [7, 11) is 0. The lowest BCUT2D eigenvalue weighted by Crippen LogP contribution is -2.24. The van der Waals surface area contributed by atoms with Crippen LogP contribution < -0.4 is 10.1 Å². The summed E-state index contributed by atoms with van der Waals surface area (Å²) < 4.78 is 7.34. The van der Waals surface area contributed by atoms with Gasteiger partial charge in [-0.25, -0.2) is 4.98 Å². The molecule has 0 unspecified atom stereocenters. The van der Waals surface area contributed by atoms with Crippen LogP contribution in [0.2, 0.25) is 0 Å². The number of nitrogens with zero attached hydrogens (tertiary/aromatic N) is 2. The summed E-state index contributed by atoms with van der Waals surface area (Å²) in [4.78, 5) is 16.1. The predicted octanol–water partition coefficient (Wildman–Crippen LogP) is 3.13. The number of aromatic nitrogens is 2. The minimum absolute atomic E-state index is 0.00264. The van der Waals surface area contributed by atoms with Gasteiger partial charge in [0.2, 0.25) is 5.91 Å². The van der Waals surface area contributed by atoms with Gasteiger partial charge in [-0.3, -0.25) is 4.79 Å². The van der Waals surface area contributed by atoms with Crippen LogP contribution in [0.1, 0.15) is 18.1 Å². The summed E-state index contributed by atoms with van der Waals surface area (Å²) in [5.74, 6) is 0.826. The zero-order valence-electron chi connectivity index (χ0n) is 14.2. The van der Waals surface area contributed by atoms with E-state index in [9.17, 15) is 4.79 Å². The second-order valence-electron chi connectivity index (χ2n) is 5.67. The lowest BCUT2D eigenvalue weighted by molar-refractivity contribution is -0.120. The van der Waals surface area contributed by atoms with Gasteiger partial charge in [-0.05, 0) is 42.3 Å². The third-order valence-electron chi connectivity index (χ3n) is 3.83. The number of ether oxygens (including phenoxy) is 1. The first kappa shape index (κ1) is 16.8. The number of carbonyl (C=O) groups is 1. The van der Waals surface area contributed by atoms with E-state index in [2.05, 4.69) is 10.3 Å². The molecule has 0 spiro atoms. The Hall–Kier alpha value is -3.08. The Morgan fingerprint density at radius 2 is 1.80 bits per heavy atom. The average Bonchev–Trinajstić information content (AvgIpc) is 3.17. The molecule has 0 fully saturated rings. The van der Waals surface area contributed by atoms with Crippen LogP contribution in [0.25, 0.3) is 5.69 Å². The van der Waals surface area contributed by atoms with Gasteiger partial charge < -0.3 is 14.6 Å². The molecule has 128 valence electrons. The van der Waals surface area contributed by atoms with E-state index in [1.807, 2.05) is 66.2 Å². The second-order valence-corrected chi connectivity index (χ2v) is 5.67. The van der Waals surface area contributed by atoms with Crippen LogP contribution in [0.4, 0.5) is 0 Å². The molecule has 5 heteroatoms. The van der Waals surface area contributed by atoms with Gasteiger partial charge in [0.05, 0.1) is 19.4 Å². The Labute approximate surface area is 147 Å². The molecule has 1 aromatic heterocycles. The molecule has 1 amide bonds. The molecule has 0 aliphatic rings. The monoisotopic (exact) mass is 335 g/mol. The highest BCUT2D eigenvalue weighted by Crippen LogP contribution is 2.13. The van der Waals surface area contributed by atoms with Crippen molar-refractivity contribution in [2.75, 3.05) is 6.61 Å². The molecule has 0 atom stereocenters. The van der Waals surface area contributed by atoms with E-state index in [4.69, 9.17) is 4.74 Å². The molecule has 3 rings (SSSR count). The van der Waals surface area contributed by atoms with Gasteiger partial charge in [0.15, 0.2) is 0 Å². The maximum absolute atomic E-state index is 12.1. The summed E-state index contributed by atoms with van der Waals surface area (Å²) in [6, 6.07) is 15.7. The van der Waals surface area contributed by atoms with Crippen molar-refractivity contribution >= 4 is 5.91 Å². The summed E-state index contributed by atoms with van der Waals surface area (Å²) >= 11 is 0. The van der Waals surface area contributed by atoms with Crippen LogP contribution >= 0.6 is 0 Å². The van der Waals surface area contributed by atoms with Gasteiger partial charge in [-0.2, -0.15) is 0 Å². The molecule has 0 saturated carbocycles. The molecule has 1 heterocycles. The number of benzene rings is 2. The molecular weight excluding hydrogens is 314 g/mol. The third kappa shape index (κ3) is 4.70. The van der Waals surface area contributed by atoms with Crippen molar-refractivity contribution in [3.05, 3.63) is 78.4 Å². The number of hydrogen-bond acceptors (Lipinski definition) is 3. The fourth-order valence-corrected chi connectivity index (χ4v) is 2.52. The first-order valence-corrected chi connectivity index (χ1v) is 8.30. The maximum atomic E-state index is 12.1. The van der Waals surface area contributed by atoms with Crippen LogP contribution in [-0.4, -0.2) is 22.1 Å². The van der Waals surface area contributed by atoms with Gasteiger partial charge >= 0.3 is 0 Å². The van der Waals surface area contributed by atoms with E-state index in [-0.39, 0.29) is 5.91 Å². The molecule has 0 aliphatic carbocycles. The number of rotatable bonds is 7. The van der Waals surface area contributed by atoms with E-state index in [1.165, 1.54) is 0 Å². The summed E-state index contributed by atoms with van der Waals surface area (Å²) in [6.45, 7) is 3.10. The van der Waals surface area contributed by atoms with Gasteiger partial charge in [-0.15, -0.1) is 0 Å². The van der Waals surface area contributed by atoms with Gasteiger partial charge in [0.25, 0.3) is 0 Å². The van der Waals surface area contributed by atoms with Crippen LogP contribution in [0.15, 0.2) is 67.3 Å². The van der Waals surface area contributed by atoms with Gasteiger partial charge in [-0.1, -0.05) is 24.3 Å². The van der Waals surface area contributed by atoms with Gasteiger partial charge in [0.1, 0.15) is 5.75 Å². The molecule has 0 bridgehead atoms. The number of nitrogens with one attached hydrogen (secondary N) is 1. The zero-order chi connectivity index (χ0) is 17.5. The Bertz CT molecular complexity index is 794. The largest absolute Gasteiger partial charge is 0.494 e. The van der Waals surface area contributed by atoms with Crippen molar-refractivity contribution in [3.63, 3.8) is 0 Å². The third-order valence-corrected chi connectivity index (χ3v) is 3.83. The first-order valence-electron chi connectivity index (χ1n) is 8.30. The van der Waals surface area contributed by atoms with Crippen molar-refractivity contribution in [1.82, 2.24) is 14.9 Å². The van der Waals surface area contributed by atoms with Crippen LogP contribution in [0.5, 0.6) is 5.75 Å². The summed E-state index contributed by atoms with van der Waals surface area (Å²) in [5.41, 5.74) is 3.07. The van der Waals surface area contributed by atoms with E-state index in [0.29, 0.717) is 19.6 Å². The predicted molar refractivity (Wildman–Crippen MR) is 96.7 cm³/mol. The minimum Gasteiger partial charge on any atom is -0.494 e. The molecule has 5 nitrogen and oxygen atoms in total. The fraction of sp³-hybridized carbons (Fsp3) is 0.200. The van der Waals surface area contributed by atoms with Crippen molar-refractivity contribution in [3.8, 4) is 11.4 Å². The maximum Gasteiger partial charge on any atom is 0.224 e. The molecule has 0 saturated heterocycles. The SMILES string of the molecule is CCOc1ccc(CC(=O)NCc2ccc(-n3ccnc3)cc2)cc1. The average molecular weight is 335 g/mol. The molecular formula is C20H21N3O2. The molecule has 2 aromatic carbocycles. The van der Waals surface area contributed by atoms with E-state index >= 15 is 0 Å². The number of amides is 1. The van der Waals surface area contributed by atoms with Crippen molar-refractivity contribution in [2.24, 2.45) is 0 Å². The molecule has 0 radical (unpaired) electrons. The quantitative estimate of drug-likeness (QED) is 0.722. The van der Waals surface area contributed by atoms with Crippen LogP contribution in [0, 0.1) is 0 Å². The van der Waals surface area contributed by atoms with E-state index in [0.717, 1.165) is 22.6 Å². The number of imidazole rings is 1. The highest BCUT2D eigenvalue weighted by Gasteiger charge is 2.04. The Morgan fingerprint density at radius 1 is 1.08 bits per heavy atom. The Balaban J connectivity index is 1.50. The van der Waals surface area contributed by atoms with Gasteiger partial charge in [0, 0.05) is 24.6 Å². The highest BCUT2D eigenvalue weighted by molar-refractivity contribution is 5.78. The number of hydrogen-bond donors (Lipinski definition) is 1. The second kappa shape index (κ2) is 8.15. The number of carbonyl (C=O) groups excluding carboxylic acids is 1. The normalized spacial score (nSPS) is 10.4. The van der Waals surface area contributed by atoms with Crippen molar-refractivity contribution < 1.29 is 9.53 Å². The Morgan fingerprint density at radius 3 is 2.44 bits per heavy atom. The summed E-state index contributed by atoms with van der Waals surface area (Å²) in [5, 5.41) is 2.95. The summed E-state index contributed by atoms with van der Waals surface area (Å²) in [6.07, 6.45) is 5.76. The van der Waals surface area contributed by atoms with Crippen molar-refractivity contribution in [2.45, 2.75) is 19.9 Å². The molecule has 1 N–H and O–H groups in total. The Kier molecular flexibility index (Phi) is 5.46. The molecule has 3 aromatic rings. The first-order chi connectivity index (χ1) is 12.2. The highest BCUT2D eigenvalue weighted by atomic mass is 16.5. The van der Waals surface area contributed by atoms with Crippen molar-refractivity contribution in [1.29, 1.82) is 0 Å². The lowest BCUT2D eigenvalue weighted by atomic mass is 10.1. The van der Waals surface area contributed by atoms with E-state index < -0.39 is 0 Å². The topological polar surface area (TPSA) is 56.1 Å². The zero-order valence-corrected chi connectivity index (χ0v) is 14.2.